The molecule has 1 aliphatic heterocycles. The topological polar surface area (TPSA) is 99.7 Å². The Balaban J connectivity index is 1.21. The number of fused-ring (bicyclic) bond motifs is 1. The predicted octanol–water partition coefficient (Wildman–Crippen LogP) is 3.18. The molecule has 0 spiro atoms. The van der Waals surface area contributed by atoms with Gasteiger partial charge in [-0.1, -0.05) is 12.1 Å². The molecule has 9 nitrogen and oxygen atoms in total. The lowest BCUT2D eigenvalue weighted by atomic mass is 10.1. The SMILES string of the molecule is COC(=O)c1ccc2c(=O)n(CCC(=O)NCCCN3CCN(c4cc(C)ccc4C)CC3)c(=S)[nH]c2c1. The van der Waals surface area contributed by atoms with E-state index in [-0.39, 0.29) is 29.2 Å². The summed E-state index contributed by atoms with van der Waals surface area (Å²) in [6.45, 7) is 10.0. The molecular formula is C28H35N5O4S. The number of esters is 1. The summed E-state index contributed by atoms with van der Waals surface area (Å²) in [4.78, 5) is 45.0. The lowest BCUT2D eigenvalue weighted by Crippen LogP contribution is -2.47. The first-order valence-corrected chi connectivity index (χ1v) is 13.3. The molecule has 2 N–H and O–H groups in total. The molecule has 2 heterocycles. The van der Waals surface area contributed by atoms with Crippen molar-refractivity contribution in [3.05, 3.63) is 68.2 Å². The second-order valence-corrected chi connectivity index (χ2v) is 10.1. The Morgan fingerprint density at radius 1 is 1.05 bits per heavy atom. The van der Waals surface area contributed by atoms with Crippen molar-refractivity contribution >= 4 is 40.7 Å². The quantitative estimate of drug-likeness (QED) is 0.246. The third-order valence-corrected chi connectivity index (χ3v) is 7.34. The maximum absolute atomic E-state index is 12.9. The van der Waals surface area contributed by atoms with Crippen LogP contribution in [-0.4, -0.2) is 72.7 Å². The monoisotopic (exact) mass is 537 g/mol. The molecule has 10 heteroatoms. The van der Waals surface area contributed by atoms with Crippen LogP contribution < -0.4 is 15.8 Å². The first-order chi connectivity index (χ1) is 18.3. The van der Waals surface area contributed by atoms with Crippen LogP contribution in [0.4, 0.5) is 5.69 Å². The number of hydrogen-bond acceptors (Lipinski definition) is 7. The number of ether oxygens (including phenoxy) is 1. The van der Waals surface area contributed by atoms with Gasteiger partial charge in [0.15, 0.2) is 4.77 Å². The highest BCUT2D eigenvalue weighted by Crippen LogP contribution is 2.22. The molecule has 1 aliphatic rings. The van der Waals surface area contributed by atoms with Gasteiger partial charge in [-0.3, -0.25) is 19.1 Å². The largest absolute Gasteiger partial charge is 0.465 e. The number of amides is 1. The zero-order chi connectivity index (χ0) is 27.2. The fourth-order valence-corrected chi connectivity index (χ4v) is 5.09. The van der Waals surface area contributed by atoms with Crippen molar-refractivity contribution in [2.45, 2.75) is 33.2 Å². The lowest BCUT2D eigenvalue weighted by Gasteiger charge is -2.37. The number of carbonyl (C=O) groups is 2. The molecule has 1 fully saturated rings. The minimum Gasteiger partial charge on any atom is -0.465 e. The van der Waals surface area contributed by atoms with E-state index >= 15 is 0 Å². The zero-order valence-electron chi connectivity index (χ0n) is 22.2. The average molecular weight is 538 g/mol. The van der Waals surface area contributed by atoms with Crippen molar-refractivity contribution in [3.63, 3.8) is 0 Å². The highest BCUT2D eigenvalue weighted by molar-refractivity contribution is 7.71. The Morgan fingerprint density at radius 2 is 1.82 bits per heavy atom. The minimum absolute atomic E-state index is 0.118. The van der Waals surface area contributed by atoms with Crippen molar-refractivity contribution in [1.82, 2.24) is 19.8 Å². The molecule has 0 radical (unpaired) electrons. The van der Waals surface area contributed by atoms with Crippen LogP contribution in [0.25, 0.3) is 10.9 Å². The van der Waals surface area contributed by atoms with Gasteiger partial charge in [-0.2, -0.15) is 0 Å². The molecule has 1 saturated heterocycles. The standard InChI is InChI=1S/C28H35N5O4S/c1-19-5-6-20(2)24(17-19)32-15-13-31(14-16-32)11-4-10-29-25(34)9-12-33-26(35)22-8-7-21(27(36)37-3)18-23(22)30-28(33)38/h5-8,17-18H,4,9-16H2,1-3H3,(H,29,34)(H,30,38). The number of H-pyrrole nitrogens is 1. The number of hydrogen-bond donors (Lipinski definition) is 2. The molecule has 0 saturated carbocycles. The van der Waals surface area contributed by atoms with Gasteiger partial charge in [0.25, 0.3) is 5.56 Å². The number of benzene rings is 2. The first-order valence-electron chi connectivity index (χ1n) is 12.9. The van der Waals surface area contributed by atoms with Gasteiger partial charge in [-0.05, 0) is 74.4 Å². The van der Waals surface area contributed by atoms with Crippen molar-refractivity contribution in [2.24, 2.45) is 0 Å². The highest BCUT2D eigenvalue weighted by Gasteiger charge is 2.18. The predicted molar refractivity (Wildman–Crippen MR) is 152 cm³/mol. The summed E-state index contributed by atoms with van der Waals surface area (Å²) in [5.41, 5.74) is 4.40. The fraction of sp³-hybridized carbons (Fsp3) is 0.429. The lowest BCUT2D eigenvalue weighted by molar-refractivity contribution is -0.121. The number of piperazine rings is 1. The van der Waals surface area contributed by atoms with Crippen LogP contribution in [-0.2, 0) is 16.1 Å². The maximum atomic E-state index is 12.9. The fourth-order valence-electron chi connectivity index (χ4n) is 4.81. The number of aromatic nitrogens is 2. The van der Waals surface area contributed by atoms with Crippen molar-refractivity contribution in [2.75, 3.05) is 51.3 Å². The van der Waals surface area contributed by atoms with Crippen LogP contribution in [0.1, 0.15) is 34.3 Å². The van der Waals surface area contributed by atoms with Gasteiger partial charge in [0.05, 0.1) is 23.6 Å². The van der Waals surface area contributed by atoms with E-state index in [1.54, 1.807) is 12.1 Å². The summed E-state index contributed by atoms with van der Waals surface area (Å²) in [5, 5.41) is 3.35. The third-order valence-electron chi connectivity index (χ3n) is 7.02. The summed E-state index contributed by atoms with van der Waals surface area (Å²) in [7, 11) is 1.30. The second-order valence-electron chi connectivity index (χ2n) is 9.71. The smallest absolute Gasteiger partial charge is 0.337 e. The van der Waals surface area contributed by atoms with Crippen LogP contribution in [0, 0.1) is 18.6 Å². The molecular weight excluding hydrogens is 502 g/mol. The highest BCUT2D eigenvalue weighted by atomic mass is 32.1. The van der Waals surface area contributed by atoms with Gasteiger partial charge in [0, 0.05) is 51.4 Å². The molecule has 38 heavy (non-hydrogen) atoms. The molecule has 0 unspecified atom stereocenters. The Hall–Kier alpha value is -3.50. The Kier molecular flexibility index (Phi) is 8.96. The number of nitrogens with one attached hydrogen (secondary N) is 2. The van der Waals surface area contributed by atoms with E-state index in [1.807, 2.05) is 0 Å². The minimum atomic E-state index is -0.494. The van der Waals surface area contributed by atoms with Gasteiger partial charge < -0.3 is 19.9 Å². The Labute approximate surface area is 227 Å². The molecule has 1 amide bonds. The number of nitrogens with zero attached hydrogens (tertiary/aromatic N) is 3. The summed E-state index contributed by atoms with van der Waals surface area (Å²) < 4.78 is 6.31. The van der Waals surface area contributed by atoms with Gasteiger partial charge in [0.1, 0.15) is 0 Å². The van der Waals surface area contributed by atoms with Crippen LogP contribution in [0.15, 0.2) is 41.2 Å². The van der Waals surface area contributed by atoms with Gasteiger partial charge >= 0.3 is 5.97 Å². The number of methoxy groups -OCH3 is 1. The van der Waals surface area contributed by atoms with E-state index in [0.717, 1.165) is 39.1 Å². The van der Waals surface area contributed by atoms with Crippen molar-refractivity contribution < 1.29 is 14.3 Å². The normalized spacial score (nSPS) is 14.0. The first kappa shape index (κ1) is 27.5. The second kappa shape index (κ2) is 12.4. The van der Waals surface area contributed by atoms with Crippen LogP contribution >= 0.6 is 12.2 Å². The molecule has 0 bridgehead atoms. The van der Waals surface area contributed by atoms with Gasteiger partial charge in [-0.15, -0.1) is 0 Å². The molecule has 0 atom stereocenters. The van der Waals surface area contributed by atoms with E-state index in [0.29, 0.717) is 23.0 Å². The van der Waals surface area contributed by atoms with E-state index in [9.17, 15) is 14.4 Å². The van der Waals surface area contributed by atoms with Gasteiger partial charge in [-0.25, -0.2) is 4.79 Å². The van der Waals surface area contributed by atoms with Crippen molar-refractivity contribution in [1.29, 1.82) is 0 Å². The van der Waals surface area contributed by atoms with Crippen LogP contribution in [0.3, 0.4) is 0 Å². The molecule has 0 aliphatic carbocycles. The molecule has 2 aromatic carbocycles. The Bertz CT molecular complexity index is 1440. The number of aromatic amines is 1. The summed E-state index contributed by atoms with van der Waals surface area (Å²) in [6.07, 6.45) is 1.02. The van der Waals surface area contributed by atoms with E-state index in [2.05, 4.69) is 52.1 Å². The summed E-state index contributed by atoms with van der Waals surface area (Å²) >= 11 is 5.34. The molecule has 3 aromatic rings. The van der Waals surface area contributed by atoms with Gasteiger partial charge in [0.2, 0.25) is 5.91 Å². The molecule has 1 aromatic heterocycles. The van der Waals surface area contributed by atoms with Crippen molar-refractivity contribution in [3.8, 4) is 0 Å². The zero-order valence-corrected chi connectivity index (χ0v) is 23.0. The van der Waals surface area contributed by atoms with E-state index in [4.69, 9.17) is 17.0 Å². The van der Waals surface area contributed by atoms with Crippen LogP contribution in [0.2, 0.25) is 0 Å². The van der Waals surface area contributed by atoms with Crippen LogP contribution in [0.5, 0.6) is 0 Å². The average Bonchev–Trinajstić information content (AvgIpc) is 2.92. The number of aryl methyl sites for hydroxylation is 2. The van der Waals surface area contributed by atoms with E-state index in [1.165, 1.54) is 34.6 Å². The number of carbonyl (C=O) groups excluding carboxylic acids is 2. The number of rotatable bonds is 9. The Morgan fingerprint density at radius 3 is 2.55 bits per heavy atom. The summed E-state index contributed by atoms with van der Waals surface area (Å²) in [5.74, 6) is -0.612. The van der Waals surface area contributed by atoms with E-state index < -0.39 is 5.97 Å². The number of anilines is 1. The molecule has 4 rings (SSSR count). The third kappa shape index (κ3) is 6.49. The molecule has 202 valence electrons. The maximum Gasteiger partial charge on any atom is 0.337 e. The summed E-state index contributed by atoms with van der Waals surface area (Å²) in [6, 6.07) is 11.2.